The number of rotatable bonds is 4. The zero-order valence-electron chi connectivity index (χ0n) is 9.71. The third-order valence-corrected chi connectivity index (χ3v) is 1.60. The molecule has 0 saturated heterocycles. The van der Waals surface area contributed by atoms with Crippen LogP contribution >= 0.6 is 0 Å². The van der Waals surface area contributed by atoms with E-state index < -0.39 is 6.29 Å². The van der Waals surface area contributed by atoms with Crippen molar-refractivity contribution in [2.75, 3.05) is 6.61 Å². The molecule has 0 aliphatic carbocycles. The fourth-order valence-corrected chi connectivity index (χ4v) is 0.883. The van der Waals surface area contributed by atoms with E-state index >= 15 is 0 Å². The van der Waals surface area contributed by atoms with Crippen molar-refractivity contribution in [1.29, 1.82) is 0 Å². The summed E-state index contributed by atoms with van der Waals surface area (Å²) in [4.78, 5) is 0. The van der Waals surface area contributed by atoms with Gasteiger partial charge in [-0.05, 0) is 32.4 Å². The van der Waals surface area contributed by atoms with Gasteiger partial charge in [0.2, 0.25) is 0 Å². The molecule has 0 heterocycles. The molecule has 0 fully saturated rings. The Morgan fingerprint density at radius 3 is 2.00 bits per heavy atom. The molecule has 1 rings (SSSR count). The van der Waals surface area contributed by atoms with Crippen LogP contribution in [0, 0.1) is 0 Å². The summed E-state index contributed by atoms with van der Waals surface area (Å²) in [6.45, 7) is 3.31. The molecule has 0 amide bonds. The zero-order chi connectivity index (χ0) is 12.4. The minimum absolute atomic E-state index is 0.0810. The molecule has 4 nitrogen and oxygen atoms in total. The third-order valence-electron chi connectivity index (χ3n) is 1.60. The first-order valence-corrected chi connectivity index (χ1v) is 5.25. The molecule has 0 bridgehead atoms. The zero-order valence-corrected chi connectivity index (χ0v) is 9.71. The molecule has 1 aromatic rings. The molecular weight excluding hydrogens is 208 g/mol. The second-order valence-corrected chi connectivity index (χ2v) is 3.39. The van der Waals surface area contributed by atoms with Gasteiger partial charge in [-0.1, -0.05) is 18.2 Å². The van der Waals surface area contributed by atoms with Crippen LogP contribution in [-0.4, -0.2) is 34.3 Å². The molecule has 0 aliphatic heterocycles. The lowest BCUT2D eigenvalue weighted by Gasteiger charge is -2.06. The molecule has 0 spiro atoms. The van der Waals surface area contributed by atoms with Gasteiger partial charge >= 0.3 is 0 Å². The first-order valence-electron chi connectivity index (χ1n) is 5.25. The molecule has 0 aromatic heterocycles. The maximum Gasteiger partial charge on any atom is 0.194 e. The molecule has 92 valence electrons. The minimum atomic E-state index is -0.734. The quantitative estimate of drug-likeness (QED) is 0.676. The number of benzene rings is 1. The first kappa shape index (κ1) is 14.9. The Hall–Kier alpha value is -1.10. The van der Waals surface area contributed by atoms with Gasteiger partial charge in [-0.3, -0.25) is 0 Å². The average molecular weight is 228 g/mol. The smallest absolute Gasteiger partial charge is 0.194 e. The first-order chi connectivity index (χ1) is 7.56. The lowest BCUT2D eigenvalue weighted by Crippen LogP contribution is -2.08. The van der Waals surface area contributed by atoms with Gasteiger partial charge in [-0.15, -0.1) is 0 Å². The van der Waals surface area contributed by atoms with E-state index in [1.54, 1.807) is 26.0 Å². The van der Waals surface area contributed by atoms with Crippen molar-refractivity contribution < 1.29 is 20.1 Å². The Morgan fingerprint density at radius 1 is 1.12 bits per heavy atom. The Balaban J connectivity index is 0.000000325. The minimum Gasteiger partial charge on any atom is -0.465 e. The van der Waals surface area contributed by atoms with Gasteiger partial charge in [0.1, 0.15) is 5.75 Å². The van der Waals surface area contributed by atoms with Crippen molar-refractivity contribution in [2.45, 2.75) is 32.7 Å². The second-order valence-electron chi connectivity index (χ2n) is 3.39. The van der Waals surface area contributed by atoms with Crippen LogP contribution in [0.4, 0.5) is 0 Å². The van der Waals surface area contributed by atoms with Crippen molar-refractivity contribution in [2.24, 2.45) is 0 Å². The van der Waals surface area contributed by atoms with E-state index in [0.29, 0.717) is 12.2 Å². The fourth-order valence-electron chi connectivity index (χ4n) is 0.883. The summed E-state index contributed by atoms with van der Waals surface area (Å²) in [6.07, 6.45) is -0.600. The van der Waals surface area contributed by atoms with E-state index in [1.807, 2.05) is 18.2 Å². The Labute approximate surface area is 96.1 Å². The summed E-state index contributed by atoms with van der Waals surface area (Å²) in [5.41, 5.74) is 0. The summed E-state index contributed by atoms with van der Waals surface area (Å²) in [6, 6.07) is 9.21. The molecule has 4 heteroatoms. The normalized spacial score (nSPS) is 13.3. The van der Waals surface area contributed by atoms with Crippen LogP contribution in [0.25, 0.3) is 0 Å². The molecule has 3 N–H and O–H groups in total. The highest BCUT2D eigenvalue weighted by Gasteiger charge is 1.94. The van der Waals surface area contributed by atoms with E-state index in [2.05, 4.69) is 0 Å². The number of hydrogen-bond donors (Lipinski definition) is 3. The van der Waals surface area contributed by atoms with Crippen molar-refractivity contribution >= 4 is 0 Å². The average Bonchev–Trinajstić information content (AvgIpc) is 2.18. The van der Waals surface area contributed by atoms with Gasteiger partial charge in [-0.25, -0.2) is 0 Å². The van der Waals surface area contributed by atoms with Crippen LogP contribution in [0.3, 0.4) is 0 Å². The lowest BCUT2D eigenvalue weighted by molar-refractivity contribution is -0.000290. The van der Waals surface area contributed by atoms with Crippen molar-refractivity contribution in [1.82, 2.24) is 0 Å². The standard InChI is InChI=1S/C8H10O2.C4H10O2/c1-7(9)10-8-5-3-2-4-6-8;1-4(6)2-3-5/h2-7,9H,1H3;4-6H,2-3H2,1H3. The molecule has 0 saturated carbocycles. The monoisotopic (exact) mass is 228 g/mol. The molecule has 16 heavy (non-hydrogen) atoms. The maximum atomic E-state index is 8.78. The summed E-state index contributed by atoms with van der Waals surface area (Å²) in [5.74, 6) is 0.692. The highest BCUT2D eigenvalue weighted by Crippen LogP contribution is 2.09. The molecule has 0 radical (unpaired) electrons. The predicted octanol–water partition coefficient (Wildman–Crippen LogP) is 1.15. The van der Waals surface area contributed by atoms with Gasteiger partial charge in [0.05, 0.1) is 6.10 Å². The number of aliphatic hydroxyl groups excluding tert-OH is 3. The van der Waals surface area contributed by atoms with Crippen LogP contribution in [0.2, 0.25) is 0 Å². The van der Waals surface area contributed by atoms with Crippen molar-refractivity contribution in [3.63, 3.8) is 0 Å². The van der Waals surface area contributed by atoms with Crippen LogP contribution in [0.1, 0.15) is 20.3 Å². The lowest BCUT2D eigenvalue weighted by atomic mass is 10.3. The number of para-hydroxylation sites is 1. The van der Waals surface area contributed by atoms with Gasteiger partial charge in [-0.2, -0.15) is 0 Å². The van der Waals surface area contributed by atoms with E-state index in [4.69, 9.17) is 20.1 Å². The van der Waals surface area contributed by atoms with E-state index in [1.165, 1.54) is 0 Å². The van der Waals surface area contributed by atoms with Crippen LogP contribution < -0.4 is 4.74 Å². The molecular formula is C12H20O4. The number of aliphatic hydroxyl groups is 3. The van der Waals surface area contributed by atoms with Crippen LogP contribution in [0.15, 0.2) is 30.3 Å². The van der Waals surface area contributed by atoms with E-state index in [-0.39, 0.29) is 12.7 Å². The van der Waals surface area contributed by atoms with Crippen molar-refractivity contribution in [3.8, 4) is 5.75 Å². The molecule has 0 aliphatic rings. The summed E-state index contributed by atoms with van der Waals surface area (Å²) < 4.78 is 4.97. The Bertz CT molecular complexity index is 246. The molecule has 2 atom stereocenters. The molecule has 1 aromatic carbocycles. The summed E-state index contributed by atoms with van der Waals surface area (Å²) >= 11 is 0. The number of ether oxygens (including phenoxy) is 1. The van der Waals surface area contributed by atoms with Gasteiger partial charge < -0.3 is 20.1 Å². The van der Waals surface area contributed by atoms with Gasteiger partial charge in [0, 0.05) is 6.61 Å². The van der Waals surface area contributed by atoms with Gasteiger partial charge in [0.15, 0.2) is 6.29 Å². The third kappa shape index (κ3) is 9.45. The largest absolute Gasteiger partial charge is 0.465 e. The van der Waals surface area contributed by atoms with Crippen LogP contribution in [-0.2, 0) is 0 Å². The van der Waals surface area contributed by atoms with Gasteiger partial charge in [0.25, 0.3) is 0 Å². The summed E-state index contributed by atoms with van der Waals surface area (Å²) in [7, 11) is 0. The van der Waals surface area contributed by atoms with E-state index in [0.717, 1.165) is 0 Å². The highest BCUT2D eigenvalue weighted by molar-refractivity contribution is 5.20. The second kappa shape index (κ2) is 9.15. The Kier molecular flexibility index (Phi) is 8.52. The predicted molar refractivity (Wildman–Crippen MR) is 62.1 cm³/mol. The highest BCUT2D eigenvalue weighted by atomic mass is 16.6. The SMILES string of the molecule is CC(O)CCO.CC(O)Oc1ccccc1. The number of hydrogen-bond acceptors (Lipinski definition) is 4. The molecule has 2 unspecified atom stereocenters. The Morgan fingerprint density at radius 2 is 1.69 bits per heavy atom. The van der Waals surface area contributed by atoms with E-state index in [9.17, 15) is 0 Å². The summed E-state index contributed by atoms with van der Waals surface area (Å²) in [5, 5.41) is 25.3. The maximum absolute atomic E-state index is 8.78. The fraction of sp³-hybridized carbons (Fsp3) is 0.500. The van der Waals surface area contributed by atoms with Crippen LogP contribution in [0.5, 0.6) is 5.75 Å². The van der Waals surface area contributed by atoms with Crippen molar-refractivity contribution in [3.05, 3.63) is 30.3 Å². The topological polar surface area (TPSA) is 69.9 Å².